The Hall–Kier alpha value is -3.03. The number of carbonyl (C=O) groups excluding carboxylic acids is 1. The molecule has 3 heterocycles. The zero-order valence-corrected chi connectivity index (χ0v) is 57.7. The third-order valence-electron chi connectivity index (χ3n) is 17.9. The van der Waals surface area contributed by atoms with E-state index < -0.39 is 124 Å². The summed E-state index contributed by atoms with van der Waals surface area (Å²) in [6, 6.07) is -0.988. The summed E-state index contributed by atoms with van der Waals surface area (Å²) in [6.45, 7) is 1.51. The lowest BCUT2D eigenvalue weighted by atomic mass is 9.96. The van der Waals surface area contributed by atoms with E-state index in [1.807, 2.05) is 6.08 Å². The van der Waals surface area contributed by atoms with E-state index in [0.29, 0.717) is 12.8 Å². The molecule has 94 heavy (non-hydrogen) atoms. The normalized spacial score (nSPS) is 27.9. The van der Waals surface area contributed by atoms with Crippen molar-refractivity contribution < 1.29 is 89.4 Å². The van der Waals surface area contributed by atoms with Gasteiger partial charge in [0.15, 0.2) is 18.9 Å². The maximum Gasteiger partial charge on any atom is 0.220 e. The minimum atomic E-state index is -1.98. The van der Waals surface area contributed by atoms with Crippen LogP contribution in [-0.4, -0.2) is 193 Å². The molecule has 1 amide bonds. The number of allylic oxidation sites excluding steroid dienone is 13. The first-order valence-corrected chi connectivity index (χ1v) is 36.8. The molecule has 12 N–H and O–H groups in total. The lowest BCUT2D eigenvalue weighted by molar-refractivity contribution is -0.379. The molecule has 544 valence electrons. The Morgan fingerprint density at radius 1 is 0.394 bits per heavy atom. The van der Waals surface area contributed by atoms with Gasteiger partial charge in [-0.15, -0.1) is 0 Å². The Balaban J connectivity index is 1.24. The lowest BCUT2D eigenvalue weighted by Gasteiger charge is -2.48. The van der Waals surface area contributed by atoms with Crippen LogP contribution >= 0.6 is 0 Å². The van der Waals surface area contributed by atoms with Crippen molar-refractivity contribution in [1.29, 1.82) is 0 Å². The molecule has 0 bridgehead atoms. The van der Waals surface area contributed by atoms with Crippen molar-refractivity contribution >= 4 is 5.91 Å². The number of ether oxygens (including phenoxy) is 6. The molecular formula is C75H131NO18. The molecule has 0 saturated carbocycles. The Bertz CT molecular complexity index is 2030. The molecule has 17 unspecified atom stereocenters. The third kappa shape index (κ3) is 36.7. The van der Waals surface area contributed by atoms with Gasteiger partial charge in [-0.25, -0.2) is 0 Å². The highest BCUT2D eigenvalue weighted by Crippen LogP contribution is 2.33. The summed E-state index contributed by atoms with van der Waals surface area (Å²) in [5, 5.41) is 120. The molecule has 3 fully saturated rings. The number of amides is 1. The fourth-order valence-electron chi connectivity index (χ4n) is 12.0. The smallest absolute Gasteiger partial charge is 0.220 e. The van der Waals surface area contributed by atoms with Crippen molar-refractivity contribution in [1.82, 2.24) is 5.32 Å². The van der Waals surface area contributed by atoms with Crippen LogP contribution in [0.2, 0.25) is 0 Å². The first-order valence-electron chi connectivity index (χ1n) is 36.8. The van der Waals surface area contributed by atoms with Gasteiger partial charge in [-0.2, -0.15) is 0 Å². The second-order valence-corrected chi connectivity index (χ2v) is 26.0. The van der Waals surface area contributed by atoms with Crippen molar-refractivity contribution in [3.63, 3.8) is 0 Å². The van der Waals surface area contributed by atoms with Gasteiger partial charge in [-0.05, 0) is 70.6 Å². The largest absolute Gasteiger partial charge is 0.394 e. The molecule has 17 atom stereocenters. The van der Waals surface area contributed by atoms with Crippen molar-refractivity contribution in [2.24, 2.45) is 0 Å². The molecule has 0 aliphatic carbocycles. The van der Waals surface area contributed by atoms with Crippen LogP contribution in [0, 0.1) is 0 Å². The Labute approximate surface area is 565 Å². The summed E-state index contributed by atoms with van der Waals surface area (Å²) in [5.74, 6) is -0.288. The van der Waals surface area contributed by atoms with Crippen LogP contribution in [-0.2, 0) is 33.2 Å². The van der Waals surface area contributed by atoms with E-state index in [1.54, 1.807) is 6.08 Å². The van der Waals surface area contributed by atoms with Gasteiger partial charge >= 0.3 is 0 Å². The number of carbonyl (C=O) groups is 1. The van der Waals surface area contributed by atoms with Crippen LogP contribution in [0.25, 0.3) is 0 Å². The average Bonchev–Trinajstić information content (AvgIpc) is 0.834. The number of nitrogens with one attached hydrogen (secondary N) is 1. The Morgan fingerprint density at radius 3 is 1.19 bits per heavy atom. The number of rotatable bonds is 56. The summed E-state index contributed by atoms with van der Waals surface area (Å²) in [7, 11) is 0. The number of hydrogen-bond acceptors (Lipinski definition) is 18. The molecule has 3 aliphatic heterocycles. The van der Waals surface area contributed by atoms with E-state index in [9.17, 15) is 61.0 Å². The summed E-state index contributed by atoms with van der Waals surface area (Å²) < 4.78 is 34.2. The van der Waals surface area contributed by atoms with Gasteiger partial charge < -0.3 is 89.9 Å². The fraction of sp³-hybridized carbons (Fsp3) is 0.800. The van der Waals surface area contributed by atoms with Crippen LogP contribution < -0.4 is 5.32 Å². The molecule has 3 rings (SSSR count). The van der Waals surface area contributed by atoms with Gasteiger partial charge in [0, 0.05) is 6.42 Å². The topological polar surface area (TPSA) is 307 Å². The van der Waals surface area contributed by atoms with E-state index in [4.69, 9.17) is 28.4 Å². The van der Waals surface area contributed by atoms with E-state index in [1.165, 1.54) is 141 Å². The van der Waals surface area contributed by atoms with E-state index in [0.717, 1.165) is 77.0 Å². The fourth-order valence-corrected chi connectivity index (χ4v) is 12.0. The van der Waals surface area contributed by atoms with E-state index in [-0.39, 0.29) is 18.9 Å². The van der Waals surface area contributed by atoms with Gasteiger partial charge in [0.1, 0.15) is 73.2 Å². The lowest BCUT2D eigenvalue weighted by Crippen LogP contribution is -2.66. The minimum Gasteiger partial charge on any atom is -0.394 e. The first-order chi connectivity index (χ1) is 45.8. The summed E-state index contributed by atoms with van der Waals surface area (Å²) in [5.41, 5.74) is 0. The quantitative estimate of drug-likeness (QED) is 0.0199. The van der Waals surface area contributed by atoms with Gasteiger partial charge in [0.2, 0.25) is 5.91 Å². The van der Waals surface area contributed by atoms with Crippen LogP contribution in [0.1, 0.15) is 251 Å². The predicted molar refractivity (Wildman–Crippen MR) is 369 cm³/mol. The SMILES string of the molecule is CC/C=C\C/C=C\C/C=C\C/C=C\C/C=C\CCCCCCCCCCCCCCCCCCCCCCCCCCCC(=O)NC(COC1OC(CO)C(OC2OC(CO)C(OC3OC(CO)C(O)C(O)C3O)C(O)C2O)C(O)C1O)C(O)/C=C/CC/C=C/CCCC. The number of unbranched alkanes of at least 4 members (excludes halogenated alkanes) is 28. The highest BCUT2D eigenvalue weighted by Gasteiger charge is 2.53. The van der Waals surface area contributed by atoms with Crippen LogP contribution in [0.3, 0.4) is 0 Å². The summed E-state index contributed by atoms with van der Waals surface area (Å²) in [6.07, 6.45) is 46.5. The highest BCUT2D eigenvalue weighted by atomic mass is 16.8. The molecule has 0 radical (unpaired) electrons. The van der Waals surface area contributed by atoms with Crippen molar-refractivity contribution in [3.8, 4) is 0 Å². The maximum absolute atomic E-state index is 13.3. The van der Waals surface area contributed by atoms with Gasteiger partial charge in [0.05, 0.1) is 38.6 Å². The van der Waals surface area contributed by atoms with Crippen LogP contribution in [0.5, 0.6) is 0 Å². The third-order valence-corrected chi connectivity index (χ3v) is 17.9. The zero-order chi connectivity index (χ0) is 68.2. The van der Waals surface area contributed by atoms with Gasteiger partial charge in [-0.1, -0.05) is 259 Å². The first kappa shape index (κ1) is 85.2. The molecular weight excluding hydrogens is 1200 g/mol. The maximum atomic E-state index is 13.3. The number of aliphatic hydroxyl groups is 11. The Kier molecular flexibility index (Phi) is 50.6. The molecule has 0 aromatic heterocycles. The minimum absolute atomic E-state index is 0.235. The molecule has 0 spiro atoms. The molecule has 3 aliphatic rings. The summed E-state index contributed by atoms with van der Waals surface area (Å²) >= 11 is 0. The number of hydrogen-bond donors (Lipinski definition) is 12. The van der Waals surface area contributed by atoms with Crippen molar-refractivity contribution in [2.45, 2.75) is 356 Å². The second kappa shape index (κ2) is 55.8. The van der Waals surface area contributed by atoms with Gasteiger partial charge in [-0.3, -0.25) is 4.79 Å². The van der Waals surface area contributed by atoms with Crippen molar-refractivity contribution in [3.05, 3.63) is 85.1 Å². The molecule has 0 aromatic rings. The molecule has 19 nitrogen and oxygen atoms in total. The average molecular weight is 1330 g/mol. The van der Waals surface area contributed by atoms with Gasteiger partial charge in [0.25, 0.3) is 0 Å². The second-order valence-electron chi connectivity index (χ2n) is 26.0. The standard InChI is InChI=1S/C75H131NO18/c1-3-5-7-9-11-13-14-15-16-17-18-19-20-21-22-23-24-25-26-27-28-29-30-31-32-33-34-35-36-37-38-39-40-41-42-43-44-45-47-49-51-53-63(81)76-58(59(80)52-50-48-46-12-10-8-6-4-2)57-89-73-69(87)66(84)71(61(55-78)91-73)94-75-70(88)67(85)72(62(56-79)92-75)93-74-68(86)65(83)64(82)60(54-77)90-74/h5,7,10-13,15-16,18-19,21-22,50,52,58-62,64-75,77-80,82-88H,3-4,6,8-9,14,17,20,23-49,51,53-57H2,1-2H3,(H,76,81)/b7-5-,12-10+,13-11-,16-15-,19-18-,22-21-,52-50+. The molecule has 0 aromatic carbocycles. The van der Waals surface area contributed by atoms with Crippen LogP contribution in [0.4, 0.5) is 0 Å². The predicted octanol–water partition coefficient (Wildman–Crippen LogP) is 10.7. The molecule has 19 heteroatoms. The highest BCUT2D eigenvalue weighted by molar-refractivity contribution is 5.76. The molecule has 3 saturated heterocycles. The van der Waals surface area contributed by atoms with Crippen LogP contribution in [0.15, 0.2) is 85.1 Å². The van der Waals surface area contributed by atoms with Crippen molar-refractivity contribution in [2.75, 3.05) is 26.4 Å². The van der Waals surface area contributed by atoms with E-state index in [2.05, 4.69) is 92.1 Å². The zero-order valence-electron chi connectivity index (χ0n) is 57.7. The Morgan fingerprint density at radius 2 is 0.745 bits per heavy atom. The summed E-state index contributed by atoms with van der Waals surface area (Å²) in [4.78, 5) is 13.3. The monoisotopic (exact) mass is 1330 g/mol. The number of aliphatic hydroxyl groups excluding tert-OH is 11. The van der Waals surface area contributed by atoms with E-state index >= 15 is 0 Å².